The summed E-state index contributed by atoms with van der Waals surface area (Å²) in [6.07, 6.45) is -1.12. The molecule has 2 aromatic heterocycles. The SMILES string of the molecule is Cc1[nH]c(C(=O)O[C@H](C)c2nnc(-c3ccc(F)cc3)o2)c(C)c1C(=O)OC(C)C. The van der Waals surface area contributed by atoms with Gasteiger partial charge in [0.2, 0.25) is 5.89 Å². The number of carbonyl (C=O) groups excluding carboxylic acids is 2. The first-order valence-electron chi connectivity index (χ1n) is 9.37. The third kappa shape index (κ3) is 4.40. The lowest BCUT2D eigenvalue weighted by Gasteiger charge is -2.10. The molecule has 1 atom stereocenters. The number of hydrogen-bond acceptors (Lipinski definition) is 7. The van der Waals surface area contributed by atoms with Gasteiger partial charge in [0.15, 0.2) is 6.10 Å². The first-order valence-corrected chi connectivity index (χ1v) is 9.37. The molecule has 0 saturated carbocycles. The topological polar surface area (TPSA) is 107 Å². The van der Waals surface area contributed by atoms with Crippen LogP contribution < -0.4 is 0 Å². The minimum Gasteiger partial charge on any atom is -0.459 e. The van der Waals surface area contributed by atoms with Gasteiger partial charge in [0.1, 0.15) is 11.5 Å². The van der Waals surface area contributed by atoms with Crippen molar-refractivity contribution in [2.75, 3.05) is 0 Å². The Bertz CT molecular complexity index is 1070. The Balaban J connectivity index is 1.75. The summed E-state index contributed by atoms with van der Waals surface area (Å²) >= 11 is 0. The maximum atomic E-state index is 13.1. The van der Waals surface area contributed by atoms with Crippen LogP contribution in [0, 0.1) is 19.7 Å². The Morgan fingerprint density at radius 3 is 2.33 bits per heavy atom. The number of aromatic amines is 1. The van der Waals surface area contributed by atoms with E-state index in [4.69, 9.17) is 13.9 Å². The molecule has 0 spiro atoms. The lowest BCUT2D eigenvalue weighted by Crippen LogP contribution is -2.14. The maximum absolute atomic E-state index is 13.1. The fourth-order valence-electron chi connectivity index (χ4n) is 2.91. The smallest absolute Gasteiger partial charge is 0.355 e. The predicted octanol–water partition coefficient (Wildman–Crippen LogP) is 4.30. The van der Waals surface area contributed by atoms with Gasteiger partial charge in [-0.1, -0.05) is 0 Å². The van der Waals surface area contributed by atoms with Gasteiger partial charge >= 0.3 is 11.9 Å². The molecule has 0 fully saturated rings. The molecule has 3 aromatic rings. The van der Waals surface area contributed by atoms with Crippen LogP contribution in [0.25, 0.3) is 11.5 Å². The molecule has 0 radical (unpaired) electrons. The number of H-pyrrole nitrogens is 1. The van der Waals surface area contributed by atoms with Gasteiger partial charge in [-0.05, 0) is 64.4 Å². The second-order valence-electron chi connectivity index (χ2n) is 7.08. The van der Waals surface area contributed by atoms with Gasteiger partial charge in [-0.25, -0.2) is 14.0 Å². The fraction of sp³-hybridized carbons (Fsp3) is 0.333. The molecule has 0 amide bonds. The van der Waals surface area contributed by atoms with E-state index in [-0.39, 0.29) is 29.4 Å². The van der Waals surface area contributed by atoms with Crippen molar-refractivity contribution in [3.8, 4) is 11.5 Å². The highest BCUT2D eigenvalue weighted by Gasteiger charge is 2.27. The van der Waals surface area contributed by atoms with Crippen molar-refractivity contribution in [3.05, 3.63) is 58.5 Å². The van der Waals surface area contributed by atoms with Gasteiger partial charge in [-0.15, -0.1) is 10.2 Å². The van der Waals surface area contributed by atoms with Crippen molar-refractivity contribution in [1.82, 2.24) is 15.2 Å². The first kappa shape index (κ1) is 21.2. The number of carbonyl (C=O) groups is 2. The lowest BCUT2D eigenvalue weighted by molar-refractivity contribution is 0.0272. The number of hydrogen-bond donors (Lipinski definition) is 1. The summed E-state index contributed by atoms with van der Waals surface area (Å²) in [4.78, 5) is 27.8. The Kier molecular flexibility index (Phi) is 6.00. The fourth-order valence-corrected chi connectivity index (χ4v) is 2.91. The molecule has 1 N–H and O–H groups in total. The van der Waals surface area contributed by atoms with E-state index >= 15 is 0 Å². The van der Waals surface area contributed by atoms with Gasteiger partial charge in [0.05, 0.1) is 11.7 Å². The molecular formula is C21H22FN3O5. The normalized spacial score (nSPS) is 12.1. The van der Waals surface area contributed by atoms with Crippen LogP contribution in [0.15, 0.2) is 28.7 Å². The van der Waals surface area contributed by atoms with E-state index in [1.165, 1.54) is 24.3 Å². The van der Waals surface area contributed by atoms with Gasteiger partial charge in [0, 0.05) is 11.3 Å². The average molecular weight is 415 g/mol. The van der Waals surface area contributed by atoms with Crippen molar-refractivity contribution in [2.24, 2.45) is 0 Å². The van der Waals surface area contributed by atoms with Crippen LogP contribution >= 0.6 is 0 Å². The molecule has 0 aliphatic carbocycles. The Labute approximate surface area is 172 Å². The lowest BCUT2D eigenvalue weighted by atomic mass is 10.1. The largest absolute Gasteiger partial charge is 0.459 e. The van der Waals surface area contributed by atoms with E-state index in [1.807, 2.05) is 0 Å². The number of aryl methyl sites for hydroxylation is 1. The van der Waals surface area contributed by atoms with Crippen molar-refractivity contribution >= 4 is 11.9 Å². The Morgan fingerprint density at radius 2 is 1.70 bits per heavy atom. The van der Waals surface area contributed by atoms with E-state index in [2.05, 4.69) is 15.2 Å². The quantitative estimate of drug-likeness (QED) is 0.598. The summed E-state index contributed by atoms with van der Waals surface area (Å²) in [5, 5.41) is 7.80. The molecule has 0 aliphatic rings. The molecule has 1 aromatic carbocycles. The van der Waals surface area contributed by atoms with Crippen LogP contribution in [0.1, 0.15) is 64.9 Å². The molecule has 158 valence electrons. The van der Waals surface area contributed by atoms with Crippen LogP contribution in [-0.2, 0) is 9.47 Å². The highest BCUT2D eigenvalue weighted by Crippen LogP contribution is 2.25. The van der Waals surface area contributed by atoms with Gasteiger partial charge in [-0.2, -0.15) is 0 Å². The number of nitrogens with zero attached hydrogens (tertiary/aromatic N) is 2. The molecule has 2 heterocycles. The molecular weight excluding hydrogens is 393 g/mol. The number of benzene rings is 1. The third-order valence-corrected chi connectivity index (χ3v) is 4.35. The molecule has 0 aliphatic heterocycles. The van der Waals surface area contributed by atoms with E-state index in [0.717, 1.165) is 0 Å². The zero-order chi connectivity index (χ0) is 22.0. The van der Waals surface area contributed by atoms with Crippen molar-refractivity contribution in [3.63, 3.8) is 0 Å². The van der Waals surface area contributed by atoms with Crippen LogP contribution in [0.4, 0.5) is 4.39 Å². The van der Waals surface area contributed by atoms with Crippen LogP contribution in [0.2, 0.25) is 0 Å². The van der Waals surface area contributed by atoms with Crippen molar-refractivity contribution in [1.29, 1.82) is 0 Å². The highest BCUT2D eigenvalue weighted by molar-refractivity contribution is 5.98. The number of esters is 2. The van der Waals surface area contributed by atoms with Crippen molar-refractivity contribution < 1.29 is 27.9 Å². The van der Waals surface area contributed by atoms with Gasteiger partial charge in [0.25, 0.3) is 5.89 Å². The van der Waals surface area contributed by atoms with Crippen molar-refractivity contribution in [2.45, 2.75) is 46.8 Å². The summed E-state index contributed by atoms with van der Waals surface area (Å²) in [6.45, 7) is 8.39. The monoisotopic (exact) mass is 415 g/mol. The maximum Gasteiger partial charge on any atom is 0.355 e. The van der Waals surface area contributed by atoms with Gasteiger partial charge in [-0.3, -0.25) is 0 Å². The van der Waals surface area contributed by atoms with Crippen LogP contribution in [0.5, 0.6) is 0 Å². The molecule has 3 rings (SSSR count). The van der Waals surface area contributed by atoms with E-state index in [9.17, 15) is 14.0 Å². The predicted molar refractivity (Wildman–Crippen MR) is 104 cm³/mol. The summed E-state index contributed by atoms with van der Waals surface area (Å²) in [7, 11) is 0. The van der Waals surface area contributed by atoms with Crippen LogP contribution in [-0.4, -0.2) is 33.2 Å². The van der Waals surface area contributed by atoms with Crippen LogP contribution in [0.3, 0.4) is 0 Å². The summed E-state index contributed by atoms with van der Waals surface area (Å²) < 4.78 is 29.3. The molecule has 0 bridgehead atoms. The number of nitrogens with one attached hydrogen (secondary N) is 1. The third-order valence-electron chi connectivity index (χ3n) is 4.35. The van der Waals surface area contributed by atoms with E-state index in [0.29, 0.717) is 22.4 Å². The molecule has 9 heteroatoms. The molecule has 0 saturated heterocycles. The number of rotatable bonds is 6. The minimum absolute atomic E-state index is 0.0862. The molecule has 8 nitrogen and oxygen atoms in total. The highest BCUT2D eigenvalue weighted by atomic mass is 19.1. The Hall–Kier alpha value is -3.49. The average Bonchev–Trinajstić information content (AvgIpc) is 3.26. The first-order chi connectivity index (χ1) is 14.2. The summed E-state index contributed by atoms with van der Waals surface area (Å²) in [5.74, 6) is -1.30. The standard InChI is InChI=1S/C21H22FN3O5/c1-10(2)28-20(26)16-11(3)17(23-12(16)4)21(27)29-13(5)18-24-25-19(30-18)14-6-8-15(22)9-7-14/h6-10,13,23H,1-5H3/t13-/m1/s1. The minimum atomic E-state index is -0.840. The zero-order valence-corrected chi connectivity index (χ0v) is 17.3. The molecule has 30 heavy (non-hydrogen) atoms. The second-order valence-corrected chi connectivity index (χ2v) is 7.08. The summed E-state index contributed by atoms with van der Waals surface area (Å²) in [5.41, 5.74) is 1.94. The number of halogens is 1. The van der Waals surface area contributed by atoms with Gasteiger partial charge < -0.3 is 18.9 Å². The van der Waals surface area contributed by atoms with E-state index < -0.39 is 18.0 Å². The second kappa shape index (κ2) is 8.48. The summed E-state index contributed by atoms with van der Waals surface area (Å²) in [6, 6.07) is 5.57. The Morgan fingerprint density at radius 1 is 1.03 bits per heavy atom. The van der Waals surface area contributed by atoms with E-state index in [1.54, 1.807) is 34.6 Å². The number of aromatic nitrogens is 3. The number of ether oxygens (including phenoxy) is 2. The zero-order valence-electron chi connectivity index (χ0n) is 17.3. The molecule has 0 unspecified atom stereocenters.